The fourth-order valence-corrected chi connectivity index (χ4v) is 5.44. The van der Waals surface area contributed by atoms with E-state index >= 15 is 0 Å². The Kier molecular flexibility index (Phi) is 4.13. The molecule has 140 valence electrons. The second-order valence-corrected chi connectivity index (χ2v) is 8.41. The lowest BCUT2D eigenvalue weighted by atomic mass is 10.2. The normalized spacial score (nSPS) is 17.6. The molecule has 1 aromatic carbocycles. The monoisotopic (exact) mass is 382 g/mol. The molecule has 3 aromatic rings. The van der Waals surface area contributed by atoms with E-state index in [1.54, 1.807) is 23.5 Å². The second-order valence-electron chi connectivity index (χ2n) is 7.33. The Morgan fingerprint density at radius 3 is 2.67 bits per heavy atom. The molecule has 0 atom stereocenters. The quantitative estimate of drug-likeness (QED) is 0.728. The van der Waals surface area contributed by atoms with Crippen molar-refractivity contribution in [3.63, 3.8) is 0 Å². The average molecular weight is 382 g/mol. The van der Waals surface area contributed by atoms with Crippen molar-refractivity contribution in [1.82, 2.24) is 14.9 Å². The molecule has 27 heavy (non-hydrogen) atoms. The van der Waals surface area contributed by atoms with Crippen LogP contribution in [0.25, 0.3) is 10.2 Å². The average Bonchev–Trinajstić information content (AvgIpc) is 3.24. The van der Waals surface area contributed by atoms with E-state index in [4.69, 9.17) is 4.98 Å². The third-order valence-corrected chi connectivity index (χ3v) is 6.77. The minimum Gasteiger partial charge on any atom is -0.508 e. The zero-order valence-electron chi connectivity index (χ0n) is 15.1. The van der Waals surface area contributed by atoms with Crippen molar-refractivity contribution >= 4 is 27.2 Å². The smallest absolute Gasteiger partial charge is 0.259 e. The van der Waals surface area contributed by atoms with Gasteiger partial charge in [0.05, 0.1) is 11.9 Å². The number of rotatable bonds is 3. The minimum atomic E-state index is 0.0251. The number of aromatic amines is 1. The topological polar surface area (TPSA) is 72.5 Å². The predicted octanol–water partition coefficient (Wildman–Crippen LogP) is 2.50. The highest BCUT2D eigenvalue weighted by molar-refractivity contribution is 7.18. The van der Waals surface area contributed by atoms with Gasteiger partial charge in [0, 0.05) is 36.7 Å². The van der Waals surface area contributed by atoms with Gasteiger partial charge in [-0.3, -0.25) is 9.69 Å². The number of fused-ring (bicyclic) bond motifs is 3. The van der Waals surface area contributed by atoms with Crippen LogP contribution >= 0.6 is 11.3 Å². The number of aromatic hydroxyl groups is 1. The van der Waals surface area contributed by atoms with Crippen LogP contribution in [0, 0.1) is 0 Å². The van der Waals surface area contributed by atoms with Gasteiger partial charge in [-0.25, -0.2) is 4.98 Å². The molecule has 7 heteroatoms. The van der Waals surface area contributed by atoms with Crippen LogP contribution in [0.2, 0.25) is 0 Å². The highest BCUT2D eigenvalue weighted by atomic mass is 32.1. The number of phenolic OH excluding ortho intramolecular Hbond substituents is 1. The number of hydrogen-bond donors (Lipinski definition) is 2. The number of nitrogens with one attached hydrogen (secondary N) is 1. The molecule has 0 amide bonds. The van der Waals surface area contributed by atoms with Crippen LogP contribution in [-0.2, 0) is 19.4 Å². The maximum absolute atomic E-state index is 12.6. The summed E-state index contributed by atoms with van der Waals surface area (Å²) in [4.78, 5) is 27.3. The maximum Gasteiger partial charge on any atom is 0.259 e. The summed E-state index contributed by atoms with van der Waals surface area (Å²) in [6, 6.07) is 7.36. The number of piperazine rings is 1. The number of thiophene rings is 1. The highest BCUT2D eigenvalue weighted by Gasteiger charge is 2.22. The molecule has 1 fully saturated rings. The van der Waals surface area contributed by atoms with E-state index in [0.29, 0.717) is 12.3 Å². The van der Waals surface area contributed by atoms with Gasteiger partial charge in [0.25, 0.3) is 5.56 Å². The first kappa shape index (κ1) is 16.8. The molecule has 1 saturated heterocycles. The fraction of sp³-hybridized carbons (Fsp3) is 0.400. The molecule has 0 bridgehead atoms. The van der Waals surface area contributed by atoms with Gasteiger partial charge in [0.15, 0.2) is 0 Å². The standard InChI is InChI=1S/C20H22N4O2S/c25-14-6-4-13(5-7-14)24-10-8-23(9-11-24)12-17-21-19(26)18-15-2-1-3-16(15)27-20(18)22-17/h4-7,25H,1-3,8-12H2,(H,21,22,26). The number of aryl methyl sites for hydroxylation is 2. The zero-order valence-corrected chi connectivity index (χ0v) is 15.9. The van der Waals surface area contributed by atoms with Crippen LogP contribution < -0.4 is 10.5 Å². The van der Waals surface area contributed by atoms with E-state index in [0.717, 1.165) is 67.2 Å². The fourth-order valence-electron chi connectivity index (χ4n) is 4.16. The lowest BCUT2D eigenvalue weighted by Crippen LogP contribution is -2.46. The molecule has 2 aliphatic rings. The molecule has 2 N–H and O–H groups in total. The van der Waals surface area contributed by atoms with E-state index in [-0.39, 0.29) is 5.56 Å². The summed E-state index contributed by atoms with van der Waals surface area (Å²) in [5.74, 6) is 1.06. The van der Waals surface area contributed by atoms with Gasteiger partial charge in [-0.15, -0.1) is 11.3 Å². The van der Waals surface area contributed by atoms with E-state index < -0.39 is 0 Å². The van der Waals surface area contributed by atoms with Gasteiger partial charge in [0.2, 0.25) is 0 Å². The van der Waals surface area contributed by atoms with E-state index in [2.05, 4.69) is 14.8 Å². The van der Waals surface area contributed by atoms with Crippen LogP contribution in [0.4, 0.5) is 5.69 Å². The first-order valence-corrected chi connectivity index (χ1v) is 10.3. The Bertz CT molecular complexity index is 1030. The molecule has 0 spiro atoms. The van der Waals surface area contributed by atoms with Gasteiger partial charge in [0.1, 0.15) is 16.4 Å². The number of phenols is 1. The molecular weight excluding hydrogens is 360 g/mol. The van der Waals surface area contributed by atoms with E-state index in [1.165, 1.54) is 10.4 Å². The van der Waals surface area contributed by atoms with Crippen LogP contribution in [0.5, 0.6) is 5.75 Å². The summed E-state index contributed by atoms with van der Waals surface area (Å²) in [5.41, 5.74) is 2.39. The van der Waals surface area contributed by atoms with Crippen LogP contribution in [-0.4, -0.2) is 46.2 Å². The zero-order chi connectivity index (χ0) is 18.4. The lowest BCUT2D eigenvalue weighted by Gasteiger charge is -2.35. The third-order valence-electron chi connectivity index (χ3n) is 5.58. The number of benzene rings is 1. The summed E-state index contributed by atoms with van der Waals surface area (Å²) in [6.07, 6.45) is 3.26. The van der Waals surface area contributed by atoms with Crippen LogP contribution in [0.3, 0.4) is 0 Å². The van der Waals surface area contributed by atoms with Crippen molar-refractivity contribution in [2.24, 2.45) is 0 Å². The largest absolute Gasteiger partial charge is 0.508 e. The Balaban J connectivity index is 1.29. The van der Waals surface area contributed by atoms with Crippen molar-refractivity contribution in [2.45, 2.75) is 25.8 Å². The van der Waals surface area contributed by atoms with Crippen LogP contribution in [0.15, 0.2) is 29.1 Å². The SMILES string of the molecule is O=c1[nH]c(CN2CCN(c3ccc(O)cc3)CC2)nc2sc3c(c12)CCC3. The van der Waals surface area contributed by atoms with Gasteiger partial charge < -0.3 is 15.0 Å². The van der Waals surface area contributed by atoms with Crippen molar-refractivity contribution in [1.29, 1.82) is 0 Å². The van der Waals surface area contributed by atoms with Gasteiger partial charge >= 0.3 is 0 Å². The molecule has 0 saturated carbocycles. The molecule has 0 radical (unpaired) electrons. The molecular formula is C20H22N4O2S. The Hall–Kier alpha value is -2.38. The van der Waals surface area contributed by atoms with E-state index in [1.807, 2.05) is 12.1 Å². The van der Waals surface area contributed by atoms with Gasteiger partial charge in [-0.05, 0) is 49.1 Å². The van der Waals surface area contributed by atoms with E-state index in [9.17, 15) is 9.90 Å². The van der Waals surface area contributed by atoms with Crippen LogP contribution in [0.1, 0.15) is 22.7 Å². The van der Waals surface area contributed by atoms with Gasteiger partial charge in [-0.2, -0.15) is 0 Å². The summed E-state index contributed by atoms with van der Waals surface area (Å²) in [7, 11) is 0. The summed E-state index contributed by atoms with van der Waals surface area (Å²) >= 11 is 1.70. The number of hydrogen-bond acceptors (Lipinski definition) is 6. The molecule has 2 aromatic heterocycles. The van der Waals surface area contributed by atoms with Crippen molar-refractivity contribution in [3.05, 3.63) is 50.9 Å². The highest BCUT2D eigenvalue weighted by Crippen LogP contribution is 2.34. The Morgan fingerprint density at radius 1 is 1.11 bits per heavy atom. The summed E-state index contributed by atoms with van der Waals surface area (Å²) in [6.45, 7) is 4.36. The van der Waals surface area contributed by atoms with Gasteiger partial charge in [-0.1, -0.05) is 0 Å². The minimum absolute atomic E-state index is 0.0251. The molecule has 5 rings (SSSR count). The van der Waals surface area contributed by atoms with Crippen molar-refractivity contribution < 1.29 is 5.11 Å². The third kappa shape index (κ3) is 3.11. The maximum atomic E-state index is 12.6. The molecule has 6 nitrogen and oxygen atoms in total. The molecule has 3 heterocycles. The summed E-state index contributed by atoms with van der Waals surface area (Å²) in [5, 5.41) is 10.3. The molecule has 0 unspecified atom stereocenters. The molecule has 1 aliphatic carbocycles. The van der Waals surface area contributed by atoms with Crippen molar-refractivity contribution in [3.8, 4) is 5.75 Å². The number of nitrogens with zero attached hydrogens (tertiary/aromatic N) is 3. The number of anilines is 1. The molecule has 1 aliphatic heterocycles. The Morgan fingerprint density at radius 2 is 1.89 bits per heavy atom. The lowest BCUT2D eigenvalue weighted by molar-refractivity contribution is 0.244. The number of aromatic nitrogens is 2. The Labute approximate surface area is 161 Å². The first-order valence-electron chi connectivity index (χ1n) is 9.47. The van der Waals surface area contributed by atoms with Crippen molar-refractivity contribution in [2.75, 3.05) is 31.1 Å². The predicted molar refractivity (Wildman–Crippen MR) is 108 cm³/mol. The first-order chi connectivity index (χ1) is 13.2. The second kappa shape index (κ2) is 6.65. The number of H-pyrrole nitrogens is 1. The summed E-state index contributed by atoms with van der Waals surface area (Å²) < 4.78 is 0.